The molecule has 2 aliphatic rings. The van der Waals surface area contributed by atoms with Crippen LogP contribution in [0.25, 0.3) is 0 Å². The van der Waals surface area contributed by atoms with E-state index in [1.165, 1.54) is 24.0 Å². The molecule has 2 N–H and O–H groups in total. The molecule has 0 spiro atoms. The highest BCUT2D eigenvalue weighted by molar-refractivity contribution is 5.93. The number of fused-ring (bicyclic) bond motifs is 1. The lowest BCUT2D eigenvalue weighted by Gasteiger charge is -2.35. The van der Waals surface area contributed by atoms with E-state index >= 15 is 0 Å². The molecule has 1 fully saturated rings. The first-order valence-corrected chi connectivity index (χ1v) is 12.3. The highest BCUT2D eigenvalue weighted by Gasteiger charge is 2.23. The Morgan fingerprint density at radius 1 is 1.12 bits per heavy atom. The van der Waals surface area contributed by atoms with Crippen LogP contribution in [0, 0.1) is 5.92 Å². The highest BCUT2D eigenvalue weighted by Crippen LogP contribution is 2.30. The first kappa shape index (κ1) is 23.5. The predicted molar refractivity (Wildman–Crippen MR) is 131 cm³/mol. The fourth-order valence-corrected chi connectivity index (χ4v) is 4.76. The van der Waals surface area contributed by atoms with Gasteiger partial charge in [-0.15, -0.1) is 10.2 Å². The van der Waals surface area contributed by atoms with E-state index < -0.39 is 0 Å². The van der Waals surface area contributed by atoms with Crippen LogP contribution < -0.4 is 15.4 Å². The van der Waals surface area contributed by atoms with Crippen LogP contribution in [0.3, 0.4) is 0 Å². The Labute approximate surface area is 197 Å². The summed E-state index contributed by atoms with van der Waals surface area (Å²) in [5.74, 6) is 0.671. The van der Waals surface area contributed by atoms with Crippen LogP contribution in [0.15, 0.2) is 24.3 Å². The molecule has 1 amide bonds. The Morgan fingerprint density at radius 3 is 2.73 bits per heavy atom. The fourth-order valence-electron chi connectivity index (χ4n) is 4.76. The maximum Gasteiger partial charge on any atom is 0.271 e. The molecular weight excluding hydrogens is 414 g/mol. The van der Waals surface area contributed by atoms with Crippen molar-refractivity contribution in [3.8, 4) is 5.88 Å². The minimum Gasteiger partial charge on any atom is -0.472 e. The van der Waals surface area contributed by atoms with E-state index in [4.69, 9.17) is 4.74 Å². The molecule has 1 aromatic carbocycles. The molecule has 0 saturated carbocycles. The number of piperidine rings is 1. The van der Waals surface area contributed by atoms with Gasteiger partial charge in [-0.1, -0.05) is 6.07 Å². The van der Waals surface area contributed by atoms with Gasteiger partial charge in [0, 0.05) is 30.9 Å². The Kier molecular flexibility index (Phi) is 7.48. The third-order valence-corrected chi connectivity index (χ3v) is 6.55. The Balaban J connectivity index is 1.46. The Hall–Kier alpha value is -2.67. The molecular formula is C26H37N5O2. The molecule has 1 unspecified atom stereocenters. The maximum absolute atomic E-state index is 12.9. The topological polar surface area (TPSA) is 79.4 Å². The zero-order valence-corrected chi connectivity index (χ0v) is 20.4. The summed E-state index contributed by atoms with van der Waals surface area (Å²) in [7, 11) is 0. The van der Waals surface area contributed by atoms with Crippen LogP contribution in [0.2, 0.25) is 0 Å². The third-order valence-electron chi connectivity index (χ3n) is 6.55. The van der Waals surface area contributed by atoms with Crippen molar-refractivity contribution in [3.05, 3.63) is 41.1 Å². The van der Waals surface area contributed by atoms with E-state index in [-0.39, 0.29) is 12.0 Å². The van der Waals surface area contributed by atoms with Gasteiger partial charge in [-0.25, -0.2) is 0 Å². The molecule has 1 aliphatic carbocycles. The van der Waals surface area contributed by atoms with Crippen molar-refractivity contribution in [2.45, 2.75) is 71.9 Å². The van der Waals surface area contributed by atoms with Crippen molar-refractivity contribution in [2.75, 3.05) is 25.0 Å². The van der Waals surface area contributed by atoms with Crippen molar-refractivity contribution in [1.82, 2.24) is 20.4 Å². The standard InChI is InChI=1S/C26H37N5O2/c1-17(2)31-12-6-7-19(16-31)15-27-25(32)23-14-24(26(30-29-23)33-18(3)4)28-22-11-10-20-8-5-9-21(20)13-22/h10-11,13-14,17-19H,5-9,12,15-16H2,1-4H3,(H,27,32)(H,28,29). The number of hydrogen-bond acceptors (Lipinski definition) is 6. The van der Waals surface area contributed by atoms with Gasteiger partial charge in [-0.2, -0.15) is 0 Å². The molecule has 1 aliphatic heterocycles. The van der Waals surface area contributed by atoms with Crippen LogP contribution in [0.1, 0.15) is 68.6 Å². The van der Waals surface area contributed by atoms with Crippen LogP contribution in [-0.2, 0) is 12.8 Å². The quantitative estimate of drug-likeness (QED) is 0.621. The smallest absolute Gasteiger partial charge is 0.271 e. The average Bonchev–Trinajstić information content (AvgIpc) is 3.26. The molecule has 1 saturated heterocycles. The number of nitrogens with one attached hydrogen (secondary N) is 2. The van der Waals surface area contributed by atoms with E-state index in [1.807, 2.05) is 13.8 Å². The number of carbonyl (C=O) groups excluding carboxylic acids is 1. The van der Waals surface area contributed by atoms with Gasteiger partial charge in [0.15, 0.2) is 5.69 Å². The Bertz CT molecular complexity index is 975. The zero-order valence-electron chi connectivity index (χ0n) is 20.4. The predicted octanol–water partition coefficient (Wildman–Crippen LogP) is 4.35. The van der Waals surface area contributed by atoms with E-state index in [9.17, 15) is 4.79 Å². The molecule has 1 aromatic heterocycles. The third kappa shape index (κ3) is 6.02. The van der Waals surface area contributed by atoms with Gasteiger partial charge in [0.25, 0.3) is 11.8 Å². The maximum atomic E-state index is 12.9. The number of amides is 1. The van der Waals surface area contributed by atoms with Crippen LogP contribution in [0.5, 0.6) is 5.88 Å². The first-order chi connectivity index (χ1) is 15.9. The van der Waals surface area contributed by atoms with Crippen molar-refractivity contribution in [3.63, 3.8) is 0 Å². The minimum absolute atomic E-state index is 0.0465. The van der Waals surface area contributed by atoms with Gasteiger partial charge >= 0.3 is 0 Å². The van der Waals surface area contributed by atoms with Crippen LogP contribution in [0.4, 0.5) is 11.4 Å². The number of nitrogens with zero attached hydrogens (tertiary/aromatic N) is 3. The summed E-state index contributed by atoms with van der Waals surface area (Å²) in [4.78, 5) is 15.4. The second-order valence-corrected chi connectivity index (χ2v) is 9.88. The summed E-state index contributed by atoms with van der Waals surface area (Å²) < 4.78 is 5.86. The van der Waals surface area contributed by atoms with Crippen molar-refractivity contribution in [2.24, 2.45) is 5.92 Å². The monoisotopic (exact) mass is 451 g/mol. The van der Waals surface area contributed by atoms with Gasteiger partial charge < -0.3 is 20.3 Å². The minimum atomic E-state index is -0.197. The molecule has 7 nitrogen and oxygen atoms in total. The molecule has 7 heteroatoms. The number of hydrogen-bond donors (Lipinski definition) is 2. The molecule has 2 aromatic rings. The zero-order chi connectivity index (χ0) is 23.4. The summed E-state index contributed by atoms with van der Waals surface area (Å²) in [6.07, 6.45) is 5.73. The number of anilines is 2. The number of aryl methyl sites for hydroxylation is 2. The number of carbonyl (C=O) groups is 1. The lowest BCUT2D eigenvalue weighted by Crippen LogP contribution is -2.43. The summed E-state index contributed by atoms with van der Waals surface area (Å²) >= 11 is 0. The largest absolute Gasteiger partial charge is 0.472 e. The second kappa shape index (κ2) is 10.5. The summed E-state index contributed by atoms with van der Waals surface area (Å²) in [6.45, 7) is 11.2. The molecule has 2 heterocycles. The summed E-state index contributed by atoms with van der Waals surface area (Å²) in [5.41, 5.74) is 4.73. The van der Waals surface area contributed by atoms with Gasteiger partial charge in [0.1, 0.15) is 5.69 Å². The molecule has 1 atom stereocenters. The molecule has 4 rings (SSSR count). The molecule has 0 radical (unpaired) electrons. The first-order valence-electron chi connectivity index (χ1n) is 12.3. The van der Waals surface area contributed by atoms with E-state index in [0.717, 1.165) is 38.0 Å². The van der Waals surface area contributed by atoms with Crippen molar-refractivity contribution in [1.29, 1.82) is 0 Å². The average molecular weight is 452 g/mol. The number of likely N-dealkylation sites (tertiary alicyclic amines) is 1. The number of benzene rings is 1. The molecule has 178 valence electrons. The summed E-state index contributed by atoms with van der Waals surface area (Å²) in [5, 5.41) is 14.9. The summed E-state index contributed by atoms with van der Waals surface area (Å²) in [6, 6.07) is 8.73. The number of rotatable bonds is 8. The van der Waals surface area contributed by atoms with Gasteiger partial charge in [-0.05, 0) is 95.5 Å². The van der Waals surface area contributed by atoms with E-state index in [1.54, 1.807) is 6.07 Å². The Morgan fingerprint density at radius 2 is 1.94 bits per heavy atom. The van der Waals surface area contributed by atoms with Gasteiger partial charge in [-0.3, -0.25) is 4.79 Å². The lowest BCUT2D eigenvalue weighted by molar-refractivity contribution is 0.0916. The van der Waals surface area contributed by atoms with Crippen LogP contribution >= 0.6 is 0 Å². The number of ether oxygens (including phenoxy) is 1. The normalized spacial score (nSPS) is 18.4. The second-order valence-electron chi connectivity index (χ2n) is 9.88. The lowest BCUT2D eigenvalue weighted by atomic mass is 9.97. The molecule has 33 heavy (non-hydrogen) atoms. The highest BCUT2D eigenvalue weighted by atomic mass is 16.5. The van der Waals surface area contributed by atoms with Gasteiger partial charge in [0.2, 0.25) is 0 Å². The van der Waals surface area contributed by atoms with Crippen molar-refractivity contribution < 1.29 is 9.53 Å². The van der Waals surface area contributed by atoms with E-state index in [0.29, 0.717) is 35.8 Å². The molecule has 0 bridgehead atoms. The SMILES string of the molecule is CC(C)Oc1nnc(C(=O)NCC2CCCN(C(C)C)C2)cc1Nc1ccc2c(c1)CCC2. The van der Waals surface area contributed by atoms with Crippen molar-refractivity contribution >= 4 is 17.3 Å². The number of aromatic nitrogens is 2. The van der Waals surface area contributed by atoms with Crippen LogP contribution in [-0.4, -0.2) is 52.8 Å². The fraction of sp³-hybridized carbons (Fsp3) is 0.577. The van der Waals surface area contributed by atoms with Gasteiger partial charge in [0.05, 0.1) is 6.10 Å². The van der Waals surface area contributed by atoms with E-state index in [2.05, 4.69) is 57.8 Å².